The van der Waals surface area contributed by atoms with E-state index in [0.717, 1.165) is 5.56 Å². The van der Waals surface area contributed by atoms with Gasteiger partial charge in [0.15, 0.2) is 5.69 Å². The van der Waals surface area contributed by atoms with E-state index in [1.807, 2.05) is 44.2 Å². The maximum atomic E-state index is 13.5. The lowest BCUT2D eigenvalue weighted by Gasteiger charge is -2.24. The summed E-state index contributed by atoms with van der Waals surface area (Å²) in [5.74, 6) is -0.868. The Bertz CT molecular complexity index is 1600. The zero-order chi connectivity index (χ0) is 33.5. The molecule has 2 aliphatic rings. The summed E-state index contributed by atoms with van der Waals surface area (Å²) in [6.45, 7) is 6.23. The molecule has 5 rings (SSSR count). The van der Waals surface area contributed by atoms with Gasteiger partial charge in [-0.1, -0.05) is 44.2 Å². The Morgan fingerprint density at radius 1 is 1.00 bits per heavy atom. The Labute approximate surface area is 277 Å². The van der Waals surface area contributed by atoms with E-state index in [-0.39, 0.29) is 79.4 Å². The molecule has 2 aliphatic heterocycles. The monoisotopic (exact) mass is 663 g/mol. The minimum Gasteiger partial charge on any atom is -0.443 e. The molecule has 47 heavy (non-hydrogen) atoms. The lowest BCUT2D eigenvalue weighted by Crippen LogP contribution is -2.42. The van der Waals surface area contributed by atoms with Crippen molar-refractivity contribution in [2.24, 2.45) is 5.92 Å². The number of carbonyl (C=O) groups is 5. The Morgan fingerprint density at radius 2 is 1.77 bits per heavy atom. The van der Waals surface area contributed by atoms with Gasteiger partial charge in [0.25, 0.3) is 11.8 Å². The zero-order valence-electron chi connectivity index (χ0n) is 26.8. The Kier molecular flexibility index (Phi) is 11.0. The number of oxazole rings is 1. The molecule has 5 amide bonds. The maximum Gasteiger partial charge on any atom is 0.274 e. The molecule has 1 fully saturated rings. The number of amides is 5. The van der Waals surface area contributed by atoms with Crippen LogP contribution in [0.3, 0.4) is 0 Å². The fourth-order valence-corrected chi connectivity index (χ4v) is 6.73. The van der Waals surface area contributed by atoms with Crippen LogP contribution in [0.1, 0.15) is 101 Å². The molecule has 2 aromatic heterocycles. The average Bonchev–Trinajstić information content (AvgIpc) is 3.78. The van der Waals surface area contributed by atoms with Gasteiger partial charge in [0.2, 0.25) is 23.6 Å². The van der Waals surface area contributed by atoms with Crippen LogP contribution in [0.5, 0.6) is 0 Å². The van der Waals surface area contributed by atoms with Crippen molar-refractivity contribution in [1.82, 2.24) is 36.1 Å². The fourth-order valence-electron chi connectivity index (χ4n) is 5.71. The molecule has 14 heteroatoms. The first-order chi connectivity index (χ1) is 22.6. The van der Waals surface area contributed by atoms with Crippen molar-refractivity contribution in [1.29, 1.82) is 0 Å². The Morgan fingerprint density at radius 3 is 2.49 bits per heavy atom. The second-order valence-corrected chi connectivity index (χ2v) is 13.2. The van der Waals surface area contributed by atoms with Crippen molar-refractivity contribution in [2.45, 2.75) is 77.4 Å². The second kappa shape index (κ2) is 15.3. The third-order valence-corrected chi connectivity index (χ3v) is 9.20. The van der Waals surface area contributed by atoms with E-state index < -0.39 is 23.9 Å². The zero-order valence-corrected chi connectivity index (χ0v) is 27.7. The number of aryl methyl sites for hydroxylation is 1. The van der Waals surface area contributed by atoms with Gasteiger partial charge < -0.3 is 30.6 Å². The molecule has 0 aliphatic carbocycles. The lowest BCUT2D eigenvalue weighted by atomic mass is 10.0. The van der Waals surface area contributed by atoms with Crippen LogP contribution in [0.25, 0.3) is 0 Å². The number of nitrogens with one attached hydrogen (secondary N) is 4. The minimum atomic E-state index is -0.642. The molecule has 1 saturated heterocycles. The number of rotatable bonds is 5. The topological polar surface area (TPSA) is 176 Å². The summed E-state index contributed by atoms with van der Waals surface area (Å²) in [6, 6.07) is 8.23. The van der Waals surface area contributed by atoms with E-state index in [9.17, 15) is 24.0 Å². The number of fused-ring (bicyclic) bond motifs is 4. The predicted octanol–water partition coefficient (Wildman–Crippen LogP) is 2.99. The number of nitrogens with zero attached hydrogens (tertiary/aromatic N) is 3. The van der Waals surface area contributed by atoms with E-state index in [1.54, 1.807) is 17.2 Å². The minimum absolute atomic E-state index is 0.0557. The van der Waals surface area contributed by atoms with Crippen molar-refractivity contribution >= 4 is 40.9 Å². The highest BCUT2D eigenvalue weighted by molar-refractivity contribution is 7.09. The maximum absolute atomic E-state index is 13.5. The highest BCUT2D eigenvalue weighted by Crippen LogP contribution is 2.27. The van der Waals surface area contributed by atoms with Crippen molar-refractivity contribution in [3.63, 3.8) is 0 Å². The first-order valence-electron chi connectivity index (χ1n) is 16.0. The van der Waals surface area contributed by atoms with Gasteiger partial charge in [0.1, 0.15) is 22.5 Å². The molecule has 4 bridgehead atoms. The molecular weight excluding hydrogens is 622 g/mol. The number of hydrogen-bond donors (Lipinski definition) is 4. The summed E-state index contributed by atoms with van der Waals surface area (Å²) in [5, 5.41) is 13.9. The van der Waals surface area contributed by atoms with Crippen molar-refractivity contribution in [3.05, 3.63) is 69.3 Å². The van der Waals surface area contributed by atoms with Crippen LogP contribution in [0, 0.1) is 12.8 Å². The van der Waals surface area contributed by atoms with Crippen LogP contribution < -0.4 is 21.3 Å². The van der Waals surface area contributed by atoms with Crippen LogP contribution in [-0.2, 0) is 20.8 Å². The third-order valence-electron chi connectivity index (χ3n) is 8.28. The molecule has 4 N–H and O–H groups in total. The van der Waals surface area contributed by atoms with Crippen LogP contribution in [0.2, 0.25) is 0 Å². The number of thiazole rings is 1. The van der Waals surface area contributed by atoms with Gasteiger partial charge in [-0.25, -0.2) is 9.97 Å². The molecule has 3 atom stereocenters. The highest BCUT2D eigenvalue weighted by atomic mass is 32.1. The molecule has 13 nitrogen and oxygen atoms in total. The molecule has 0 unspecified atom stereocenters. The molecule has 3 aromatic rings. The summed E-state index contributed by atoms with van der Waals surface area (Å²) >= 11 is 1.27. The second-order valence-electron chi connectivity index (χ2n) is 12.3. The summed E-state index contributed by atoms with van der Waals surface area (Å²) < 4.78 is 5.99. The van der Waals surface area contributed by atoms with E-state index >= 15 is 0 Å². The Balaban J connectivity index is 1.41. The average molecular weight is 664 g/mol. The van der Waals surface area contributed by atoms with Crippen LogP contribution in [0.15, 0.2) is 40.1 Å². The quantitative estimate of drug-likeness (QED) is 0.322. The predicted molar refractivity (Wildman–Crippen MR) is 173 cm³/mol. The molecule has 0 radical (unpaired) electrons. The van der Waals surface area contributed by atoms with Crippen molar-refractivity contribution < 1.29 is 28.4 Å². The largest absolute Gasteiger partial charge is 0.443 e. The third kappa shape index (κ3) is 8.82. The van der Waals surface area contributed by atoms with Crippen LogP contribution in [0.4, 0.5) is 0 Å². The summed E-state index contributed by atoms with van der Waals surface area (Å²) in [6.07, 6.45) is 2.00. The van der Waals surface area contributed by atoms with Crippen molar-refractivity contribution in [2.75, 3.05) is 19.6 Å². The van der Waals surface area contributed by atoms with E-state index in [4.69, 9.17) is 4.42 Å². The molecule has 250 valence electrons. The summed E-state index contributed by atoms with van der Waals surface area (Å²) in [4.78, 5) is 75.5. The number of aromatic nitrogens is 2. The highest BCUT2D eigenvalue weighted by Gasteiger charge is 2.30. The number of benzene rings is 1. The number of carbonyl (C=O) groups excluding carboxylic acids is 5. The van der Waals surface area contributed by atoms with Gasteiger partial charge in [-0.3, -0.25) is 24.0 Å². The first kappa shape index (κ1) is 33.8. The number of hydrogen-bond acceptors (Lipinski definition) is 9. The van der Waals surface area contributed by atoms with Gasteiger partial charge in [0, 0.05) is 56.7 Å². The standard InChI is InChI=1S/C33H41N7O6S/c1-19(2)28-33-37-24(18-47-33)30(44)34-13-15-40(27(43)17-22-11-12-26(42)35-22)14-7-10-25(41)36-23(16-21-8-5-4-6-9-21)32-39-29(20(3)46-32)31(45)38-28/h4-6,8-9,18-19,22-23,28H,7,10-17H2,1-3H3,(H,34,44)(H,35,42)(H,36,41)(H,38,45)/t22-,23-,28-/m0/s1. The normalized spacial score (nSPS) is 21.5. The lowest BCUT2D eigenvalue weighted by molar-refractivity contribution is -0.132. The van der Waals surface area contributed by atoms with Crippen LogP contribution in [-0.4, -0.2) is 70.1 Å². The van der Waals surface area contributed by atoms with Gasteiger partial charge in [-0.05, 0) is 31.2 Å². The van der Waals surface area contributed by atoms with Gasteiger partial charge >= 0.3 is 0 Å². The van der Waals surface area contributed by atoms with Crippen LogP contribution >= 0.6 is 11.3 Å². The first-order valence-corrected chi connectivity index (χ1v) is 16.9. The van der Waals surface area contributed by atoms with Gasteiger partial charge in [0.05, 0.1) is 6.04 Å². The van der Waals surface area contributed by atoms with Gasteiger partial charge in [-0.2, -0.15) is 0 Å². The molecule has 0 saturated carbocycles. The molecule has 0 spiro atoms. The Hall–Kier alpha value is -4.59. The SMILES string of the molecule is Cc1oc2nc1C(=O)N[C@@H](C(C)C)c1nc(cs1)C(=O)NCCN(C(=O)C[C@@H]1CCC(=O)N1)CCCC(=O)N[C@H]2Cc1ccccc1. The van der Waals surface area contributed by atoms with Gasteiger partial charge in [-0.15, -0.1) is 11.3 Å². The summed E-state index contributed by atoms with van der Waals surface area (Å²) in [7, 11) is 0. The molecule has 1 aromatic carbocycles. The fraction of sp³-hybridized carbons (Fsp3) is 0.485. The smallest absolute Gasteiger partial charge is 0.274 e. The summed E-state index contributed by atoms with van der Waals surface area (Å²) in [5.41, 5.74) is 1.27. The van der Waals surface area contributed by atoms with E-state index in [0.29, 0.717) is 36.5 Å². The van der Waals surface area contributed by atoms with Crippen molar-refractivity contribution in [3.8, 4) is 0 Å². The van der Waals surface area contributed by atoms with E-state index in [2.05, 4.69) is 31.2 Å². The molecule has 4 heterocycles. The molecular formula is C33H41N7O6S. The van der Waals surface area contributed by atoms with E-state index in [1.165, 1.54) is 11.3 Å².